The molecule has 0 atom stereocenters. The molecule has 0 saturated carbocycles. The van der Waals surface area contributed by atoms with Gasteiger partial charge in [0.2, 0.25) is 5.91 Å². The van der Waals surface area contributed by atoms with Crippen molar-refractivity contribution in [2.75, 3.05) is 5.32 Å². The highest BCUT2D eigenvalue weighted by Gasteiger charge is 2.27. The van der Waals surface area contributed by atoms with Crippen molar-refractivity contribution >= 4 is 23.0 Å². The zero-order valence-electron chi connectivity index (χ0n) is 25.4. The maximum atomic E-state index is 11.9. The van der Waals surface area contributed by atoms with Crippen molar-refractivity contribution in [1.82, 2.24) is 0 Å². The number of amides is 1. The van der Waals surface area contributed by atoms with E-state index in [0.717, 1.165) is 12.1 Å². The Morgan fingerprint density at radius 3 is 1.69 bits per heavy atom. The number of nitrogens with one attached hydrogen (secondary N) is 1. The van der Waals surface area contributed by atoms with Gasteiger partial charge in [0.05, 0.1) is 5.69 Å². The van der Waals surface area contributed by atoms with Gasteiger partial charge < -0.3 is 5.32 Å². The lowest BCUT2D eigenvalue weighted by atomic mass is 9.82. The molecule has 0 radical (unpaired) electrons. The number of carbonyl (C=O) groups is 1. The van der Waals surface area contributed by atoms with E-state index in [4.69, 9.17) is 4.99 Å². The van der Waals surface area contributed by atoms with Crippen LogP contribution in [0.25, 0.3) is 0 Å². The minimum atomic E-state index is -0.364. The summed E-state index contributed by atoms with van der Waals surface area (Å²) >= 11 is 0. The fourth-order valence-electron chi connectivity index (χ4n) is 4.51. The smallest absolute Gasteiger partial charge is 0.229 e. The average Bonchev–Trinajstić information content (AvgIpc) is 3.08. The molecule has 1 aliphatic rings. The summed E-state index contributed by atoms with van der Waals surface area (Å²) in [6.07, 6.45) is 1.02. The van der Waals surface area contributed by atoms with Crippen molar-refractivity contribution in [3.8, 4) is 0 Å². The molecule has 0 aliphatic carbocycles. The maximum Gasteiger partial charge on any atom is 0.229 e. The van der Waals surface area contributed by atoms with E-state index in [0.29, 0.717) is 0 Å². The minimum Gasteiger partial charge on any atom is -0.326 e. The fourth-order valence-corrected chi connectivity index (χ4v) is 4.51. The lowest BCUT2D eigenvalue weighted by molar-refractivity contribution is -0.123. The summed E-state index contributed by atoms with van der Waals surface area (Å²) in [6, 6.07) is 10.8. The Bertz CT molecular complexity index is 1140. The second-order valence-corrected chi connectivity index (χ2v) is 14.5. The largest absolute Gasteiger partial charge is 0.326 e. The Kier molecular flexibility index (Phi) is 8.40. The molecule has 1 N–H and O–H groups in total. The molecule has 0 bridgehead atoms. The van der Waals surface area contributed by atoms with E-state index in [-0.39, 0.29) is 27.6 Å². The van der Waals surface area contributed by atoms with Gasteiger partial charge in [-0.3, -0.25) is 9.79 Å². The van der Waals surface area contributed by atoms with Crippen LogP contribution in [0.4, 0.5) is 11.4 Å². The number of hydrogen-bond acceptors (Lipinski definition) is 2. The number of anilines is 1. The third-order valence-electron chi connectivity index (χ3n) is 6.69. The highest BCUT2D eigenvalue weighted by atomic mass is 16.2. The van der Waals surface area contributed by atoms with E-state index in [1.165, 1.54) is 39.2 Å². The highest BCUT2D eigenvalue weighted by molar-refractivity contribution is 5.97. The van der Waals surface area contributed by atoms with Crippen LogP contribution < -0.4 is 5.32 Å². The van der Waals surface area contributed by atoms with E-state index in [1.807, 2.05) is 32.9 Å². The molecule has 1 aliphatic heterocycles. The topological polar surface area (TPSA) is 41.5 Å². The van der Waals surface area contributed by atoms with E-state index < -0.39 is 0 Å². The summed E-state index contributed by atoms with van der Waals surface area (Å²) in [7, 11) is 0. The Morgan fingerprint density at radius 2 is 1.25 bits per heavy atom. The lowest BCUT2D eigenvalue weighted by Gasteiger charge is -2.23. The van der Waals surface area contributed by atoms with Crippen LogP contribution in [0.2, 0.25) is 0 Å². The number of rotatable bonds is 1. The number of aliphatic imine (C=N–C) groups is 1. The maximum absolute atomic E-state index is 11.9. The summed E-state index contributed by atoms with van der Waals surface area (Å²) < 4.78 is 0. The second-order valence-electron chi connectivity index (χ2n) is 14.5. The van der Waals surface area contributed by atoms with Crippen LogP contribution >= 0.6 is 0 Å². The third kappa shape index (κ3) is 7.54. The summed E-state index contributed by atoms with van der Waals surface area (Å²) in [5.41, 5.74) is 10.3. The number of aryl methyl sites for hydroxylation is 2. The van der Waals surface area contributed by atoms with Crippen molar-refractivity contribution in [2.45, 2.75) is 114 Å². The van der Waals surface area contributed by atoms with Crippen LogP contribution in [-0.4, -0.2) is 11.6 Å². The molecule has 1 amide bonds. The molecule has 0 saturated heterocycles. The molecule has 3 nitrogen and oxygen atoms in total. The summed E-state index contributed by atoms with van der Waals surface area (Å²) in [5, 5.41) is 2.96. The quantitative estimate of drug-likeness (QED) is 0.425. The molecule has 0 unspecified atom stereocenters. The van der Waals surface area contributed by atoms with Gasteiger partial charge in [-0.25, -0.2) is 0 Å². The van der Waals surface area contributed by atoms with Crippen molar-refractivity contribution < 1.29 is 4.79 Å². The highest BCUT2D eigenvalue weighted by Crippen LogP contribution is 2.38. The van der Waals surface area contributed by atoms with Crippen LogP contribution in [0.3, 0.4) is 0 Å². The fraction of sp³-hybridized carbons (Fsp3) is 0.576. The first-order valence-corrected chi connectivity index (χ1v) is 13.3. The summed E-state index contributed by atoms with van der Waals surface area (Å²) in [5.74, 6) is 0.0467. The molecule has 198 valence electrons. The summed E-state index contributed by atoms with van der Waals surface area (Å²) in [4.78, 5) is 16.8. The molecule has 1 heterocycles. The molecule has 2 aromatic carbocycles. The van der Waals surface area contributed by atoms with Crippen LogP contribution in [0.5, 0.6) is 0 Å². The lowest BCUT2D eigenvalue weighted by Crippen LogP contribution is -2.27. The molecule has 0 aromatic heterocycles. The minimum absolute atomic E-state index is 0.0467. The normalized spacial score (nSPS) is 14.0. The predicted molar refractivity (Wildman–Crippen MR) is 158 cm³/mol. The van der Waals surface area contributed by atoms with Gasteiger partial charge in [-0.1, -0.05) is 95.2 Å². The molecular weight excluding hydrogens is 440 g/mol. The van der Waals surface area contributed by atoms with E-state index in [2.05, 4.69) is 99.7 Å². The number of carbonyl (C=O) groups excluding carboxylic acids is 1. The number of hydrogen-bond donors (Lipinski definition) is 1. The Labute approximate surface area is 221 Å². The number of nitrogens with zero attached hydrogens (tertiary/aromatic N) is 1. The van der Waals surface area contributed by atoms with Gasteiger partial charge in [-0.15, -0.1) is 0 Å². The van der Waals surface area contributed by atoms with Crippen LogP contribution in [0.1, 0.15) is 111 Å². The average molecular weight is 491 g/mol. The van der Waals surface area contributed by atoms with Crippen LogP contribution in [0.15, 0.2) is 35.3 Å². The SMILES string of the molecule is Cc1cc(NC(=O)C(C)(C)C)ccc1C(C)(C)C.Cc1cc2c(cc1C(C)(C)C)N=C(C(C)(C)C)C2. The van der Waals surface area contributed by atoms with Crippen molar-refractivity contribution in [2.24, 2.45) is 15.8 Å². The van der Waals surface area contributed by atoms with Gasteiger partial charge >= 0.3 is 0 Å². The molecule has 0 spiro atoms. The Balaban J connectivity index is 0.000000254. The standard InChI is InChI=1S/C17H25N.C16H25NO/c1-11-8-12-9-15(17(5,6)7)18-14(12)10-13(11)16(2,3)4;1-11-10-12(17-14(18)16(5,6)7)8-9-13(11)15(2,3)4/h8,10H,9H2,1-7H3;8-10H,1-7H3,(H,17,18). The van der Waals surface area contributed by atoms with Gasteiger partial charge in [0, 0.05) is 28.6 Å². The second kappa shape index (κ2) is 10.1. The summed E-state index contributed by atoms with van der Waals surface area (Å²) in [6.45, 7) is 30.2. The molecule has 3 rings (SSSR count). The van der Waals surface area contributed by atoms with Crippen molar-refractivity contribution in [1.29, 1.82) is 0 Å². The van der Waals surface area contributed by atoms with Gasteiger partial charge in [0.1, 0.15) is 0 Å². The molecular formula is C33H50N2O. The first-order chi connectivity index (χ1) is 16.1. The van der Waals surface area contributed by atoms with Crippen molar-refractivity contribution in [3.05, 3.63) is 58.1 Å². The van der Waals surface area contributed by atoms with E-state index in [1.54, 1.807) is 0 Å². The van der Waals surface area contributed by atoms with Crippen molar-refractivity contribution in [3.63, 3.8) is 0 Å². The molecule has 2 aromatic rings. The third-order valence-corrected chi connectivity index (χ3v) is 6.69. The number of fused-ring (bicyclic) bond motifs is 1. The Hall–Kier alpha value is -2.42. The van der Waals surface area contributed by atoms with E-state index in [9.17, 15) is 4.79 Å². The zero-order valence-corrected chi connectivity index (χ0v) is 25.4. The van der Waals surface area contributed by atoms with E-state index >= 15 is 0 Å². The molecule has 0 fully saturated rings. The van der Waals surface area contributed by atoms with Gasteiger partial charge in [-0.2, -0.15) is 0 Å². The number of benzene rings is 2. The predicted octanol–water partition coefficient (Wildman–Crippen LogP) is 9.24. The van der Waals surface area contributed by atoms with Gasteiger partial charge in [0.15, 0.2) is 0 Å². The molecule has 36 heavy (non-hydrogen) atoms. The Morgan fingerprint density at radius 1 is 0.722 bits per heavy atom. The first kappa shape index (κ1) is 29.8. The zero-order chi connectivity index (χ0) is 27.9. The first-order valence-electron chi connectivity index (χ1n) is 13.3. The van der Waals surface area contributed by atoms with Gasteiger partial charge in [-0.05, 0) is 70.7 Å². The van der Waals surface area contributed by atoms with Gasteiger partial charge in [0.25, 0.3) is 0 Å². The molecule has 3 heteroatoms. The van der Waals surface area contributed by atoms with Crippen LogP contribution in [-0.2, 0) is 22.0 Å². The monoisotopic (exact) mass is 490 g/mol. The van der Waals surface area contributed by atoms with Crippen LogP contribution in [0, 0.1) is 24.7 Å².